The molecule has 1 heterocycles. The highest BCUT2D eigenvalue weighted by Gasteiger charge is 2.51. The molecule has 2 aliphatic rings. The SMILES string of the molecule is CN(C)C(Cc1ccc(OS(=O)(=O)C(F)(F)F)cc1)C1(N/C(=N/C#N)NC2COc3cccc(F)c3C2)CC1. The molecule has 0 saturated heterocycles. The minimum atomic E-state index is -5.76. The number of benzene rings is 2. The average molecular weight is 570 g/mol. The van der Waals surface area contributed by atoms with E-state index in [1.807, 2.05) is 19.0 Å². The fraction of sp³-hybridized carbons (Fsp3) is 0.440. The first kappa shape index (κ1) is 28.4. The smallest absolute Gasteiger partial charge is 0.491 e. The van der Waals surface area contributed by atoms with Gasteiger partial charge < -0.3 is 24.5 Å². The summed E-state index contributed by atoms with van der Waals surface area (Å²) in [6.07, 6.45) is 4.09. The Balaban J connectivity index is 1.44. The first-order chi connectivity index (χ1) is 18.3. The van der Waals surface area contributed by atoms with Gasteiger partial charge in [-0.15, -0.1) is 4.99 Å². The molecular weight excluding hydrogens is 542 g/mol. The van der Waals surface area contributed by atoms with Gasteiger partial charge in [0.2, 0.25) is 12.2 Å². The van der Waals surface area contributed by atoms with Crippen molar-refractivity contribution in [3.05, 3.63) is 59.4 Å². The minimum absolute atomic E-state index is 0.130. The van der Waals surface area contributed by atoms with Crippen LogP contribution in [0.15, 0.2) is 47.5 Å². The summed E-state index contributed by atoms with van der Waals surface area (Å²) in [5.74, 6) is -0.100. The fourth-order valence-corrected chi connectivity index (χ4v) is 5.12. The van der Waals surface area contributed by atoms with E-state index in [4.69, 9.17) is 4.74 Å². The van der Waals surface area contributed by atoms with E-state index in [1.165, 1.54) is 30.3 Å². The molecule has 2 aromatic rings. The highest BCUT2D eigenvalue weighted by molar-refractivity contribution is 7.88. The van der Waals surface area contributed by atoms with Crippen LogP contribution >= 0.6 is 0 Å². The summed E-state index contributed by atoms with van der Waals surface area (Å²) >= 11 is 0. The summed E-state index contributed by atoms with van der Waals surface area (Å²) in [5, 5.41) is 15.8. The Morgan fingerprint density at radius 2 is 1.95 bits per heavy atom. The molecule has 1 fully saturated rings. The lowest BCUT2D eigenvalue weighted by Crippen LogP contribution is -2.58. The van der Waals surface area contributed by atoms with Gasteiger partial charge in [-0.05, 0) is 63.2 Å². The topological polar surface area (TPSA) is 116 Å². The number of ether oxygens (including phenoxy) is 1. The third kappa shape index (κ3) is 6.54. The monoisotopic (exact) mass is 569 g/mol. The van der Waals surface area contributed by atoms with E-state index in [1.54, 1.807) is 18.3 Å². The molecule has 1 aliphatic carbocycles. The molecule has 2 unspecified atom stereocenters. The molecule has 2 aromatic carbocycles. The highest BCUT2D eigenvalue weighted by Crippen LogP contribution is 2.42. The Labute approximate surface area is 223 Å². The number of aliphatic imine (C=N–C) groups is 1. The Bertz CT molecular complexity index is 1370. The van der Waals surface area contributed by atoms with Crippen LogP contribution in [0.25, 0.3) is 0 Å². The molecule has 0 radical (unpaired) electrons. The van der Waals surface area contributed by atoms with Crippen molar-refractivity contribution >= 4 is 16.1 Å². The van der Waals surface area contributed by atoms with Gasteiger partial charge in [-0.2, -0.15) is 26.9 Å². The number of nitriles is 1. The van der Waals surface area contributed by atoms with Crippen LogP contribution in [0.5, 0.6) is 11.5 Å². The number of hydrogen-bond acceptors (Lipinski definition) is 7. The van der Waals surface area contributed by atoms with E-state index in [9.17, 15) is 31.2 Å². The maximum Gasteiger partial charge on any atom is 0.534 e. The van der Waals surface area contributed by atoms with Crippen LogP contribution in [0.4, 0.5) is 17.6 Å². The zero-order valence-electron chi connectivity index (χ0n) is 21.1. The number of alkyl halides is 3. The number of fused-ring (bicyclic) bond motifs is 1. The van der Waals surface area contributed by atoms with Gasteiger partial charge in [-0.25, -0.2) is 4.39 Å². The lowest BCUT2D eigenvalue weighted by Gasteiger charge is -2.35. The molecule has 4 rings (SSSR count). The third-order valence-corrected chi connectivity index (χ3v) is 7.71. The number of rotatable bonds is 8. The van der Waals surface area contributed by atoms with Gasteiger partial charge in [-0.3, -0.25) is 0 Å². The molecule has 0 aromatic heterocycles. The lowest BCUT2D eigenvalue weighted by molar-refractivity contribution is -0.0500. The summed E-state index contributed by atoms with van der Waals surface area (Å²) in [6.45, 7) is 0.255. The molecule has 2 N–H and O–H groups in total. The van der Waals surface area contributed by atoms with Crippen LogP contribution in [-0.4, -0.2) is 63.1 Å². The second-order valence-corrected chi connectivity index (χ2v) is 11.3. The maximum absolute atomic E-state index is 14.3. The zero-order chi connectivity index (χ0) is 28.4. The molecule has 1 aliphatic heterocycles. The number of halogens is 4. The number of likely N-dealkylation sites (N-methyl/N-ethyl adjacent to an activating group) is 1. The van der Waals surface area contributed by atoms with E-state index >= 15 is 0 Å². The van der Waals surface area contributed by atoms with Crippen molar-refractivity contribution in [3.63, 3.8) is 0 Å². The third-order valence-electron chi connectivity index (χ3n) is 6.73. The molecule has 39 heavy (non-hydrogen) atoms. The van der Waals surface area contributed by atoms with Gasteiger partial charge in [0, 0.05) is 18.0 Å². The van der Waals surface area contributed by atoms with Crippen LogP contribution in [0, 0.1) is 17.3 Å². The van der Waals surface area contributed by atoms with Crippen molar-refractivity contribution < 1.29 is 34.9 Å². The molecule has 2 atom stereocenters. The summed E-state index contributed by atoms with van der Waals surface area (Å²) in [4.78, 5) is 5.89. The fourth-order valence-electron chi connectivity index (χ4n) is 4.66. The second-order valence-electron chi connectivity index (χ2n) is 9.73. The van der Waals surface area contributed by atoms with Crippen LogP contribution < -0.4 is 19.6 Å². The Morgan fingerprint density at radius 3 is 2.54 bits per heavy atom. The van der Waals surface area contributed by atoms with Gasteiger partial charge in [0.15, 0.2) is 0 Å². The predicted octanol–water partition coefficient (Wildman–Crippen LogP) is 3.08. The van der Waals surface area contributed by atoms with Crippen molar-refractivity contribution in [2.24, 2.45) is 4.99 Å². The van der Waals surface area contributed by atoms with Gasteiger partial charge in [-0.1, -0.05) is 18.2 Å². The first-order valence-electron chi connectivity index (χ1n) is 12.0. The highest BCUT2D eigenvalue weighted by atomic mass is 32.2. The quantitative estimate of drug-likeness (QED) is 0.125. The van der Waals surface area contributed by atoms with Gasteiger partial charge >= 0.3 is 15.6 Å². The minimum Gasteiger partial charge on any atom is -0.491 e. The summed E-state index contributed by atoms with van der Waals surface area (Å²) in [7, 11) is -2.00. The van der Waals surface area contributed by atoms with Crippen LogP contribution in [0.1, 0.15) is 24.0 Å². The summed E-state index contributed by atoms with van der Waals surface area (Å²) < 4.78 is 84.5. The number of nitrogens with zero attached hydrogens (tertiary/aromatic N) is 3. The Morgan fingerprint density at radius 1 is 1.26 bits per heavy atom. The van der Waals surface area contributed by atoms with Crippen molar-refractivity contribution in [1.29, 1.82) is 5.26 Å². The maximum atomic E-state index is 14.3. The number of guanidine groups is 1. The summed E-state index contributed by atoms with van der Waals surface area (Å²) in [5.41, 5.74) is -4.82. The van der Waals surface area contributed by atoms with Crippen molar-refractivity contribution in [2.45, 2.75) is 48.8 Å². The number of hydrogen-bond donors (Lipinski definition) is 2. The molecule has 9 nitrogen and oxygen atoms in total. The van der Waals surface area contributed by atoms with E-state index in [-0.39, 0.29) is 30.5 Å². The van der Waals surface area contributed by atoms with E-state index < -0.39 is 26.9 Å². The average Bonchev–Trinajstić information content (AvgIpc) is 3.63. The predicted molar refractivity (Wildman–Crippen MR) is 134 cm³/mol. The standard InChI is InChI=1S/C25H27F4N5O4S/c1-34(2)22(12-16-6-8-18(9-7-16)38-39(35,36)25(27,28)29)24(10-11-24)33-23(31-15-30)32-17-13-19-20(26)4-3-5-21(19)37-14-17/h3-9,17,22H,10-14H2,1-2H3,(H2,31,32,33). The molecule has 0 bridgehead atoms. The molecular formula is C25H27F4N5O4S. The van der Waals surface area contributed by atoms with Crippen LogP contribution in [0.2, 0.25) is 0 Å². The summed E-state index contributed by atoms with van der Waals surface area (Å²) in [6, 6.07) is 9.52. The van der Waals surface area contributed by atoms with Crippen LogP contribution in [0.3, 0.4) is 0 Å². The zero-order valence-corrected chi connectivity index (χ0v) is 21.9. The molecule has 210 valence electrons. The van der Waals surface area contributed by atoms with E-state index in [0.29, 0.717) is 24.2 Å². The molecule has 14 heteroatoms. The molecule has 0 amide bonds. The largest absolute Gasteiger partial charge is 0.534 e. The van der Waals surface area contributed by atoms with Crippen molar-refractivity contribution in [1.82, 2.24) is 15.5 Å². The van der Waals surface area contributed by atoms with Crippen molar-refractivity contribution in [3.8, 4) is 17.7 Å². The van der Waals surface area contributed by atoms with Gasteiger partial charge in [0.1, 0.15) is 23.9 Å². The first-order valence-corrected chi connectivity index (χ1v) is 13.4. The van der Waals surface area contributed by atoms with Crippen LogP contribution in [-0.2, 0) is 23.0 Å². The second kappa shape index (κ2) is 10.9. The Kier molecular flexibility index (Phi) is 7.94. The van der Waals surface area contributed by atoms with E-state index in [2.05, 4.69) is 19.8 Å². The Hall–Kier alpha value is -3.57. The van der Waals surface area contributed by atoms with Crippen molar-refractivity contribution in [2.75, 3.05) is 20.7 Å². The van der Waals surface area contributed by atoms with Gasteiger partial charge in [0.05, 0.1) is 11.6 Å². The number of nitrogens with one attached hydrogen (secondary N) is 2. The molecule has 1 saturated carbocycles. The lowest BCUT2D eigenvalue weighted by atomic mass is 9.96. The van der Waals surface area contributed by atoms with Gasteiger partial charge in [0.25, 0.3) is 0 Å². The normalized spacial score (nSPS) is 19.3. The van der Waals surface area contributed by atoms with E-state index in [0.717, 1.165) is 18.4 Å². The molecule has 0 spiro atoms.